The number of likely N-dealkylation sites (N-methyl/N-ethyl adjacent to an activating group) is 2. The summed E-state index contributed by atoms with van der Waals surface area (Å²) in [5.74, 6) is 0. The number of rotatable bonds is 5. The predicted molar refractivity (Wildman–Crippen MR) is 70.8 cm³/mol. The Morgan fingerprint density at radius 1 is 1.47 bits per heavy atom. The van der Waals surface area contributed by atoms with Gasteiger partial charge in [-0.2, -0.15) is 5.26 Å². The van der Waals surface area contributed by atoms with Gasteiger partial charge in [0.05, 0.1) is 6.07 Å². The van der Waals surface area contributed by atoms with E-state index in [4.69, 9.17) is 0 Å². The van der Waals surface area contributed by atoms with Crippen LogP contribution < -0.4 is 5.32 Å². The average molecular weight is 238 g/mol. The first-order valence-corrected chi connectivity index (χ1v) is 6.56. The van der Waals surface area contributed by atoms with Gasteiger partial charge in [-0.1, -0.05) is 6.92 Å². The van der Waals surface area contributed by atoms with Crippen LogP contribution in [0.1, 0.15) is 26.7 Å². The number of hydrogen-bond donors (Lipinski definition) is 1. The van der Waals surface area contributed by atoms with Crippen molar-refractivity contribution in [2.45, 2.75) is 38.3 Å². The minimum absolute atomic E-state index is 0.424. The topological polar surface area (TPSA) is 42.3 Å². The van der Waals surface area contributed by atoms with Gasteiger partial charge < -0.3 is 9.80 Å². The first-order valence-electron chi connectivity index (χ1n) is 6.56. The molecule has 0 radical (unpaired) electrons. The lowest BCUT2D eigenvalue weighted by Crippen LogP contribution is -2.53. The summed E-state index contributed by atoms with van der Waals surface area (Å²) in [7, 11) is 4.32. The number of likely N-dealkylation sites (tertiary alicyclic amines) is 1. The molecule has 17 heavy (non-hydrogen) atoms. The van der Waals surface area contributed by atoms with E-state index in [0.717, 1.165) is 13.1 Å². The largest absolute Gasteiger partial charge is 0.306 e. The van der Waals surface area contributed by atoms with Gasteiger partial charge in [-0.05, 0) is 53.5 Å². The number of nitrogens with one attached hydrogen (secondary N) is 1. The third kappa shape index (κ3) is 4.27. The molecule has 4 heteroatoms. The summed E-state index contributed by atoms with van der Waals surface area (Å²) in [6.07, 6.45) is 2.42. The van der Waals surface area contributed by atoms with Crippen molar-refractivity contribution in [1.29, 1.82) is 5.26 Å². The Hall–Kier alpha value is -0.630. The molecule has 0 spiro atoms. The van der Waals surface area contributed by atoms with Crippen LogP contribution in [0.3, 0.4) is 0 Å². The molecule has 0 saturated carbocycles. The average Bonchev–Trinajstić information content (AvgIpc) is 2.30. The lowest BCUT2D eigenvalue weighted by molar-refractivity contribution is 0.127. The van der Waals surface area contributed by atoms with Gasteiger partial charge in [-0.15, -0.1) is 0 Å². The summed E-state index contributed by atoms with van der Waals surface area (Å²) >= 11 is 0. The van der Waals surface area contributed by atoms with Gasteiger partial charge in [0, 0.05) is 12.6 Å². The Balaban J connectivity index is 2.47. The van der Waals surface area contributed by atoms with Crippen molar-refractivity contribution in [3.05, 3.63) is 0 Å². The highest BCUT2D eigenvalue weighted by atomic mass is 15.2. The third-order valence-electron chi connectivity index (χ3n) is 3.69. The van der Waals surface area contributed by atoms with E-state index >= 15 is 0 Å². The molecule has 1 rings (SSSR count). The van der Waals surface area contributed by atoms with Crippen molar-refractivity contribution in [3.63, 3.8) is 0 Å². The summed E-state index contributed by atoms with van der Waals surface area (Å²) in [4.78, 5) is 4.72. The standard InChI is InChI=1S/C13H26N4/c1-5-15-13(2,10-14)11-17(4)12-6-8-16(3)9-7-12/h12,15H,5-9,11H2,1-4H3. The molecular weight excluding hydrogens is 212 g/mol. The maximum Gasteiger partial charge on any atom is 0.116 e. The summed E-state index contributed by atoms with van der Waals surface area (Å²) in [5, 5.41) is 12.5. The number of hydrogen-bond acceptors (Lipinski definition) is 4. The number of nitrogens with zero attached hydrogens (tertiary/aromatic N) is 3. The highest BCUT2D eigenvalue weighted by molar-refractivity contribution is 5.05. The van der Waals surface area contributed by atoms with Gasteiger partial charge in [-0.25, -0.2) is 0 Å². The molecule has 0 amide bonds. The fourth-order valence-corrected chi connectivity index (χ4v) is 2.58. The zero-order chi connectivity index (χ0) is 12.9. The van der Waals surface area contributed by atoms with Gasteiger partial charge in [-0.3, -0.25) is 5.32 Å². The Morgan fingerprint density at radius 2 is 2.06 bits per heavy atom. The van der Waals surface area contributed by atoms with E-state index in [-0.39, 0.29) is 0 Å². The Labute approximate surface area is 106 Å². The van der Waals surface area contributed by atoms with Crippen LogP contribution in [0.2, 0.25) is 0 Å². The smallest absolute Gasteiger partial charge is 0.116 e. The van der Waals surface area contributed by atoms with Crippen LogP contribution in [0.5, 0.6) is 0 Å². The summed E-state index contributed by atoms with van der Waals surface area (Å²) in [6.45, 7) is 8.00. The van der Waals surface area contributed by atoms with Gasteiger partial charge in [0.15, 0.2) is 0 Å². The van der Waals surface area contributed by atoms with E-state index in [1.807, 2.05) is 13.8 Å². The zero-order valence-electron chi connectivity index (χ0n) is 11.7. The molecule has 1 aliphatic heterocycles. The molecule has 4 nitrogen and oxygen atoms in total. The maximum atomic E-state index is 9.26. The summed E-state index contributed by atoms with van der Waals surface area (Å²) in [6, 6.07) is 3.02. The van der Waals surface area contributed by atoms with Crippen LogP contribution in [0, 0.1) is 11.3 Å². The Kier molecular flexibility index (Phi) is 5.38. The molecule has 98 valence electrons. The van der Waals surface area contributed by atoms with E-state index in [0.29, 0.717) is 6.04 Å². The third-order valence-corrected chi connectivity index (χ3v) is 3.69. The van der Waals surface area contributed by atoms with E-state index in [9.17, 15) is 5.26 Å². The van der Waals surface area contributed by atoms with Crippen molar-refractivity contribution in [2.75, 3.05) is 40.3 Å². The molecule has 1 atom stereocenters. The van der Waals surface area contributed by atoms with Crippen molar-refractivity contribution in [1.82, 2.24) is 15.1 Å². The van der Waals surface area contributed by atoms with Crippen molar-refractivity contribution < 1.29 is 0 Å². The normalized spacial score (nSPS) is 22.4. The van der Waals surface area contributed by atoms with Gasteiger partial charge in [0.25, 0.3) is 0 Å². The first kappa shape index (κ1) is 14.4. The second-order valence-electron chi connectivity index (χ2n) is 5.42. The second-order valence-corrected chi connectivity index (χ2v) is 5.42. The van der Waals surface area contributed by atoms with E-state index in [1.54, 1.807) is 0 Å². The summed E-state index contributed by atoms with van der Waals surface area (Å²) < 4.78 is 0. The summed E-state index contributed by atoms with van der Waals surface area (Å²) in [5.41, 5.74) is -0.424. The van der Waals surface area contributed by atoms with Crippen LogP contribution in [0.4, 0.5) is 0 Å². The molecular formula is C13H26N4. The molecule has 1 N–H and O–H groups in total. The quantitative estimate of drug-likeness (QED) is 0.773. The number of piperidine rings is 1. The van der Waals surface area contributed by atoms with Crippen LogP contribution in [-0.2, 0) is 0 Å². The van der Waals surface area contributed by atoms with E-state index < -0.39 is 5.54 Å². The van der Waals surface area contributed by atoms with E-state index in [2.05, 4.69) is 35.3 Å². The van der Waals surface area contributed by atoms with Crippen molar-refractivity contribution in [2.24, 2.45) is 0 Å². The zero-order valence-corrected chi connectivity index (χ0v) is 11.7. The Bertz CT molecular complexity index is 265. The van der Waals surface area contributed by atoms with Crippen LogP contribution in [0.15, 0.2) is 0 Å². The lowest BCUT2D eigenvalue weighted by atomic mass is 9.99. The van der Waals surface area contributed by atoms with E-state index in [1.165, 1.54) is 25.9 Å². The van der Waals surface area contributed by atoms with Gasteiger partial charge >= 0.3 is 0 Å². The molecule has 1 aliphatic rings. The van der Waals surface area contributed by atoms with Crippen molar-refractivity contribution >= 4 is 0 Å². The van der Waals surface area contributed by atoms with Crippen LogP contribution in [0.25, 0.3) is 0 Å². The fraction of sp³-hybridized carbons (Fsp3) is 0.923. The monoisotopic (exact) mass is 238 g/mol. The molecule has 1 saturated heterocycles. The Morgan fingerprint density at radius 3 is 2.53 bits per heavy atom. The molecule has 1 heterocycles. The van der Waals surface area contributed by atoms with Gasteiger partial charge in [0.2, 0.25) is 0 Å². The SMILES string of the molecule is CCNC(C)(C#N)CN(C)C1CCN(C)CC1. The fourth-order valence-electron chi connectivity index (χ4n) is 2.58. The molecule has 0 bridgehead atoms. The highest BCUT2D eigenvalue weighted by Gasteiger charge is 2.28. The first-order chi connectivity index (χ1) is 8.00. The van der Waals surface area contributed by atoms with Gasteiger partial charge in [0.1, 0.15) is 5.54 Å². The molecule has 0 aromatic rings. The van der Waals surface area contributed by atoms with Crippen LogP contribution >= 0.6 is 0 Å². The van der Waals surface area contributed by atoms with Crippen LogP contribution in [-0.4, -0.2) is 61.7 Å². The molecule has 0 aromatic heterocycles. The lowest BCUT2D eigenvalue weighted by Gasteiger charge is -2.38. The number of nitriles is 1. The molecule has 0 aliphatic carbocycles. The highest BCUT2D eigenvalue weighted by Crippen LogP contribution is 2.16. The second kappa shape index (κ2) is 6.34. The van der Waals surface area contributed by atoms with Crippen molar-refractivity contribution in [3.8, 4) is 6.07 Å². The maximum absolute atomic E-state index is 9.26. The predicted octanol–water partition coefficient (Wildman–Crippen LogP) is 0.904. The minimum Gasteiger partial charge on any atom is -0.306 e. The molecule has 1 fully saturated rings. The molecule has 1 unspecified atom stereocenters. The molecule has 0 aromatic carbocycles. The minimum atomic E-state index is -0.424.